The Morgan fingerprint density at radius 1 is 0.966 bits per heavy atom. The van der Waals surface area contributed by atoms with Crippen molar-refractivity contribution in [2.45, 2.75) is 24.8 Å². The fraction of sp³-hybridized carbons (Fsp3) is 0.222. The lowest BCUT2D eigenvalue weighted by molar-refractivity contribution is -0.143. The second-order valence-electron chi connectivity index (χ2n) is 5.99. The lowest BCUT2D eigenvalue weighted by Crippen LogP contribution is -2.42. The van der Waals surface area contributed by atoms with Gasteiger partial charge >= 0.3 is 18.3 Å². The van der Waals surface area contributed by atoms with Crippen molar-refractivity contribution < 1.29 is 41.0 Å². The summed E-state index contributed by atoms with van der Waals surface area (Å²) in [5.74, 6) is -2.85. The Labute approximate surface area is 174 Å². The molecule has 0 saturated heterocycles. The molecule has 0 saturated carbocycles. The van der Waals surface area contributed by atoms with E-state index in [0.29, 0.717) is 5.56 Å². The Morgan fingerprint density at radius 3 is 1.97 bits per heavy atom. The van der Waals surface area contributed by atoms with Gasteiger partial charge in [-0.2, -0.15) is 26.3 Å². The number of carboxylic acids is 1. The van der Waals surface area contributed by atoms with Crippen LogP contribution in [0.15, 0.2) is 42.5 Å². The van der Waals surface area contributed by atoms with Gasteiger partial charge in [0.15, 0.2) is 0 Å². The maximum absolute atomic E-state index is 12.9. The van der Waals surface area contributed by atoms with Gasteiger partial charge in [-0.3, -0.25) is 4.79 Å². The number of hydrogen-bond donors (Lipinski definition) is 2. The second kappa shape index (κ2) is 8.59. The number of carbonyl (C=O) groups is 2. The first kappa shape index (κ1) is 23.0. The summed E-state index contributed by atoms with van der Waals surface area (Å²) in [4.78, 5) is 23.7. The molecule has 11 heteroatoms. The summed E-state index contributed by atoms with van der Waals surface area (Å²) >= 11 is 1.98. The average molecular weight is 531 g/mol. The molecule has 2 aromatic rings. The van der Waals surface area contributed by atoms with Crippen molar-refractivity contribution in [2.24, 2.45) is 0 Å². The third kappa shape index (κ3) is 6.34. The monoisotopic (exact) mass is 531 g/mol. The first-order valence-electron chi connectivity index (χ1n) is 7.85. The van der Waals surface area contributed by atoms with E-state index in [9.17, 15) is 41.0 Å². The van der Waals surface area contributed by atoms with Crippen LogP contribution in [0.4, 0.5) is 26.3 Å². The van der Waals surface area contributed by atoms with E-state index in [2.05, 4.69) is 0 Å². The number of benzene rings is 2. The van der Waals surface area contributed by atoms with Crippen LogP contribution in [0.1, 0.15) is 27.0 Å². The number of aliphatic carboxylic acids is 1. The summed E-state index contributed by atoms with van der Waals surface area (Å²) in [6, 6.07) is 5.41. The van der Waals surface area contributed by atoms with Crippen molar-refractivity contribution in [3.05, 3.63) is 68.3 Å². The van der Waals surface area contributed by atoms with Gasteiger partial charge in [-0.15, -0.1) is 0 Å². The molecule has 0 heterocycles. The number of carbonyl (C=O) groups excluding carboxylic acids is 1. The Bertz CT molecular complexity index is 894. The summed E-state index contributed by atoms with van der Waals surface area (Å²) in [6.07, 6.45) is -10.4. The Kier molecular flexibility index (Phi) is 6.81. The summed E-state index contributed by atoms with van der Waals surface area (Å²) in [5.41, 5.74) is -3.76. The van der Waals surface area contributed by atoms with E-state index >= 15 is 0 Å². The quantitative estimate of drug-likeness (QED) is 0.433. The molecule has 0 aliphatic rings. The molecule has 2 aromatic carbocycles. The minimum Gasteiger partial charge on any atom is -0.480 e. The van der Waals surface area contributed by atoms with Gasteiger partial charge in [-0.25, -0.2) is 4.79 Å². The number of carboxylic acid groups (broad SMARTS) is 1. The average Bonchev–Trinajstić information content (AvgIpc) is 2.59. The van der Waals surface area contributed by atoms with E-state index in [0.717, 1.165) is 3.57 Å². The van der Waals surface area contributed by atoms with E-state index in [1.54, 1.807) is 24.3 Å². The lowest BCUT2D eigenvalue weighted by atomic mass is 10.0. The van der Waals surface area contributed by atoms with Crippen LogP contribution in [-0.2, 0) is 23.6 Å². The molecule has 2 N–H and O–H groups in total. The zero-order chi connectivity index (χ0) is 22.0. The van der Waals surface area contributed by atoms with Crippen LogP contribution in [0.25, 0.3) is 0 Å². The van der Waals surface area contributed by atoms with E-state index in [-0.39, 0.29) is 24.6 Å². The van der Waals surface area contributed by atoms with E-state index in [1.807, 2.05) is 27.9 Å². The molecule has 29 heavy (non-hydrogen) atoms. The van der Waals surface area contributed by atoms with Crippen LogP contribution in [0, 0.1) is 3.57 Å². The number of halogens is 7. The first-order valence-corrected chi connectivity index (χ1v) is 8.93. The third-order valence-electron chi connectivity index (χ3n) is 3.78. The summed E-state index contributed by atoms with van der Waals surface area (Å²) in [6.45, 7) is 0. The van der Waals surface area contributed by atoms with Gasteiger partial charge in [0.25, 0.3) is 5.91 Å². The number of alkyl halides is 6. The molecule has 1 atom stereocenters. The van der Waals surface area contributed by atoms with Crippen LogP contribution in [0.2, 0.25) is 0 Å². The van der Waals surface area contributed by atoms with Gasteiger partial charge in [-0.1, -0.05) is 12.1 Å². The van der Waals surface area contributed by atoms with Gasteiger partial charge < -0.3 is 10.4 Å². The molecular formula is C18H12F6INO3. The zero-order valence-corrected chi connectivity index (χ0v) is 16.4. The second-order valence-corrected chi connectivity index (χ2v) is 7.24. The minimum absolute atomic E-state index is 0.114. The van der Waals surface area contributed by atoms with Gasteiger partial charge in [0.05, 0.1) is 11.1 Å². The van der Waals surface area contributed by atoms with Crippen molar-refractivity contribution >= 4 is 34.5 Å². The van der Waals surface area contributed by atoms with Crippen LogP contribution in [0.3, 0.4) is 0 Å². The fourth-order valence-electron chi connectivity index (χ4n) is 2.43. The normalized spacial score (nSPS) is 13.1. The number of rotatable bonds is 5. The highest BCUT2D eigenvalue weighted by atomic mass is 127. The smallest absolute Gasteiger partial charge is 0.416 e. The van der Waals surface area contributed by atoms with Crippen molar-refractivity contribution in [1.29, 1.82) is 0 Å². The van der Waals surface area contributed by atoms with Crippen molar-refractivity contribution in [1.82, 2.24) is 5.32 Å². The SMILES string of the molecule is O=C(N[C@H](Cc1cccc(I)c1)C(=O)O)c1cc(C(F)(F)F)cc(C(F)(F)F)c1. The number of amides is 1. The molecule has 2 rings (SSSR count). The highest BCUT2D eigenvalue weighted by Crippen LogP contribution is 2.36. The molecule has 0 aliphatic carbocycles. The molecule has 156 valence electrons. The molecule has 0 aliphatic heterocycles. The third-order valence-corrected chi connectivity index (χ3v) is 4.45. The maximum atomic E-state index is 12.9. The largest absolute Gasteiger partial charge is 0.480 e. The zero-order valence-electron chi connectivity index (χ0n) is 14.2. The Balaban J connectivity index is 2.35. The fourth-order valence-corrected chi connectivity index (χ4v) is 3.03. The summed E-state index contributed by atoms with van der Waals surface area (Å²) in [7, 11) is 0. The van der Waals surface area contributed by atoms with Crippen LogP contribution in [-0.4, -0.2) is 23.0 Å². The highest BCUT2D eigenvalue weighted by molar-refractivity contribution is 14.1. The molecule has 0 aromatic heterocycles. The van der Waals surface area contributed by atoms with Gasteiger partial charge in [0, 0.05) is 15.6 Å². The molecular weight excluding hydrogens is 519 g/mol. The first-order chi connectivity index (χ1) is 13.3. The molecule has 0 spiro atoms. The molecule has 0 unspecified atom stereocenters. The maximum Gasteiger partial charge on any atom is 0.416 e. The molecule has 4 nitrogen and oxygen atoms in total. The van der Waals surface area contributed by atoms with Gasteiger partial charge in [0.2, 0.25) is 0 Å². The van der Waals surface area contributed by atoms with E-state index in [1.165, 1.54) is 0 Å². The predicted octanol–water partition coefficient (Wildman–Crippen LogP) is 4.75. The minimum atomic E-state index is -5.12. The lowest BCUT2D eigenvalue weighted by Gasteiger charge is -2.17. The van der Waals surface area contributed by atoms with Crippen LogP contribution < -0.4 is 5.32 Å². The Hall–Kier alpha value is -2.31. The van der Waals surface area contributed by atoms with E-state index in [4.69, 9.17) is 0 Å². The molecule has 1 amide bonds. The van der Waals surface area contributed by atoms with Gasteiger partial charge in [0.1, 0.15) is 6.04 Å². The number of hydrogen-bond acceptors (Lipinski definition) is 2. The number of nitrogens with one attached hydrogen (secondary N) is 1. The summed E-state index contributed by atoms with van der Waals surface area (Å²) < 4.78 is 78.3. The van der Waals surface area contributed by atoms with Gasteiger partial charge in [-0.05, 0) is 58.5 Å². The predicted molar refractivity (Wildman–Crippen MR) is 98.2 cm³/mol. The van der Waals surface area contributed by atoms with Crippen molar-refractivity contribution in [3.8, 4) is 0 Å². The Morgan fingerprint density at radius 2 is 1.52 bits per heavy atom. The highest BCUT2D eigenvalue weighted by Gasteiger charge is 2.37. The standard InChI is InChI=1S/C18H12F6INO3/c19-17(20,21)11-6-10(7-12(8-11)18(22,23)24)15(27)26-14(16(28)29)5-9-2-1-3-13(25)4-9/h1-4,6-8,14H,5H2,(H,26,27)(H,28,29)/t14-/m1/s1. The van der Waals surface area contributed by atoms with Crippen molar-refractivity contribution in [3.63, 3.8) is 0 Å². The van der Waals surface area contributed by atoms with E-state index < -0.39 is 47.0 Å². The molecule has 0 fully saturated rings. The van der Waals surface area contributed by atoms with Crippen LogP contribution in [0.5, 0.6) is 0 Å². The topological polar surface area (TPSA) is 66.4 Å². The summed E-state index contributed by atoms with van der Waals surface area (Å²) in [5, 5.41) is 11.3. The molecule has 0 bridgehead atoms. The van der Waals surface area contributed by atoms with Crippen molar-refractivity contribution in [2.75, 3.05) is 0 Å². The van der Waals surface area contributed by atoms with Crippen LogP contribution >= 0.6 is 22.6 Å². The molecule has 0 radical (unpaired) electrons.